The molecular weight excluding hydrogens is 146 g/mol. The number of Topliss-reactive ketones (excluding diaryl/α,β-unsaturated/α-hetero) is 1. The summed E-state index contributed by atoms with van der Waals surface area (Å²) in [5, 5.41) is 11.7. The molecule has 4 nitrogen and oxygen atoms in total. The van der Waals surface area contributed by atoms with Gasteiger partial charge < -0.3 is 5.11 Å². The van der Waals surface area contributed by atoms with Gasteiger partial charge >= 0.3 is 0 Å². The third-order valence-electron chi connectivity index (χ3n) is 1.63. The molecule has 0 unspecified atom stereocenters. The van der Waals surface area contributed by atoms with Crippen LogP contribution in [-0.2, 0) is 4.79 Å². The van der Waals surface area contributed by atoms with Gasteiger partial charge in [0, 0.05) is 12.8 Å². The molecule has 60 valence electrons. The molecule has 0 heterocycles. The molecule has 0 aromatic heterocycles. The number of allylic oxidation sites excluding steroid dienone is 2. The lowest BCUT2D eigenvalue weighted by Crippen LogP contribution is -1.99. The van der Waals surface area contributed by atoms with Crippen molar-refractivity contribution in [1.29, 1.82) is 0 Å². The van der Waals surface area contributed by atoms with E-state index >= 15 is 0 Å². The molecule has 0 amide bonds. The van der Waals surface area contributed by atoms with E-state index in [2.05, 4.69) is 5.18 Å². The number of hydrogen-bond donors (Lipinski definition) is 1. The van der Waals surface area contributed by atoms with Crippen LogP contribution in [0, 0.1) is 10.8 Å². The average Bonchev–Trinajstić information content (AvgIpc) is 2.68. The van der Waals surface area contributed by atoms with Gasteiger partial charge in [-0.2, -0.15) is 0 Å². The monoisotopic (exact) mass is 155 g/mol. The Morgan fingerprint density at radius 1 is 1.55 bits per heavy atom. The van der Waals surface area contributed by atoms with Crippen LogP contribution in [0.25, 0.3) is 0 Å². The minimum atomic E-state index is -0.468. The topological polar surface area (TPSA) is 66.7 Å². The Hall–Kier alpha value is -1.19. The fourth-order valence-corrected chi connectivity index (χ4v) is 0.842. The molecular formula is C7H9NO3. The first kappa shape index (κ1) is 7.91. The van der Waals surface area contributed by atoms with Gasteiger partial charge in [-0.15, -0.1) is 4.91 Å². The van der Waals surface area contributed by atoms with Gasteiger partial charge in [0.1, 0.15) is 5.76 Å². The van der Waals surface area contributed by atoms with Crippen molar-refractivity contribution in [3.63, 3.8) is 0 Å². The van der Waals surface area contributed by atoms with Gasteiger partial charge in [0.25, 0.3) is 0 Å². The zero-order chi connectivity index (χ0) is 8.43. The second-order valence-electron chi connectivity index (χ2n) is 2.66. The molecule has 0 aromatic rings. The molecule has 1 aliphatic rings. The average molecular weight is 155 g/mol. The maximum atomic E-state index is 10.6. The highest BCUT2D eigenvalue weighted by molar-refractivity contribution is 5.93. The third-order valence-corrected chi connectivity index (χ3v) is 1.63. The van der Waals surface area contributed by atoms with Gasteiger partial charge in [-0.1, -0.05) is 0 Å². The molecule has 1 N–H and O–H groups in total. The van der Waals surface area contributed by atoms with Crippen LogP contribution < -0.4 is 0 Å². The van der Waals surface area contributed by atoms with Crippen molar-refractivity contribution in [3.8, 4) is 0 Å². The lowest BCUT2D eigenvalue weighted by molar-refractivity contribution is -0.113. The first-order chi connectivity index (χ1) is 5.16. The Balaban J connectivity index is 2.85. The summed E-state index contributed by atoms with van der Waals surface area (Å²) in [5.41, 5.74) is -0.312. The number of hydrogen-bond acceptors (Lipinski definition) is 4. The highest BCUT2D eigenvalue weighted by Crippen LogP contribution is 2.36. The zero-order valence-electron chi connectivity index (χ0n) is 6.20. The molecule has 0 aliphatic heterocycles. The molecule has 0 radical (unpaired) electrons. The number of rotatable bonds is 3. The molecule has 1 saturated carbocycles. The van der Waals surface area contributed by atoms with Gasteiger partial charge in [-0.3, -0.25) is 4.79 Å². The summed E-state index contributed by atoms with van der Waals surface area (Å²) in [6, 6.07) is 0. The van der Waals surface area contributed by atoms with Crippen molar-refractivity contribution in [3.05, 3.63) is 16.4 Å². The number of carbonyl (C=O) groups excluding carboxylic acids is 1. The lowest BCUT2D eigenvalue weighted by atomic mass is 10.2. The summed E-state index contributed by atoms with van der Waals surface area (Å²) < 4.78 is 0. The van der Waals surface area contributed by atoms with E-state index in [4.69, 9.17) is 0 Å². The second-order valence-corrected chi connectivity index (χ2v) is 2.66. The fraction of sp³-hybridized carbons (Fsp3) is 0.571. The van der Waals surface area contributed by atoms with E-state index in [0.29, 0.717) is 0 Å². The van der Waals surface area contributed by atoms with E-state index < -0.39 is 5.78 Å². The van der Waals surface area contributed by atoms with E-state index in [1.807, 2.05) is 0 Å². The minimum absolute atomic E-state index is 0.00611. The number of aliphatic hydroxyl groups excluding tert-OH is 1. The lowest BCUT2D eigenvalue weighted by Gasteiger charge is -1.96. The van der Waals surface area contributed by atoms with Crippen LogP contribution in [0.4, 0.5) is 0 Å². The zero-order valence-corrected chi connectivity index (χ0v) is 6.20. The summed E-state index contributed by atoms with van der Waals surface area (Å²) in [6.45, 7) is 1.22. The summed E-state index contributed by atoms with van der Waals surface area (Å²) in [5.74, 6) is -0.594. The molecule has 1 aliphatic carbocycles. The van der Waals surface area contributed by atoms with Crippen molar-refractivity contribution in [2.24, 2.45) is 11.1 Å². The Bertz CT molecular complexity index is 228. The number of nitroso groups, excluding NO2 is 1. The van der Waals surface area contributed by atoms with Crippen molar-refractivity contribution < 1.29 is 9.90 Å². The third kappa shape index (κ3) is 1.63. The van der Waals surface area contributed by atoms with Gasteiger partial charge in [-0.25, -0.2) is 0 Å². The summed E-state index contributed by atoms with van der Waals surface area (Å²) in [7, 11) is 0. The Labute approximate surface area is 63.9 Å². The van der Waals surface area contributed by atoms with Crippen LogP contribution in [0.3, 0.4) is 0 Å². The highest BCUT2D eigenvalue weighted by Gasteiger charge is 2.30. The molecule has 0 spiro atoms. The number of nitrogens with zero attached hydrogens (tertiary/aromatic N) is 1. The van der Waals surface area contributed by atoms with Gasteiger partial charge in [0.05, 0.1) is 0 Å². The molecule has 0 saturated heterocycles. The molecule has 4 heteroatoms. The molecule has 0 bridgehead atoms. The SMILES string of the molecule is CC(=O)/C(N=O)=C(\O)C1CC1. The van der Waals surface area contributed by atoms with Crippen LogP contribution in [0.2, 0.25) is 0 Å². The van der Waals surface area contributed by atoms with E-state index in [-0.39, 0.29) is 17.4 Å². The highest BCUT2D eigenvalue weighted by atomic mass is 16.3. The van der Waals surface area contributed by atoms with Gasteiger partial charge in [-0.05, 0) is 18.0 Å². The van der Waals surface area contributed by atoms with Gasteiger partial charge in [0.15, 0.2) is 11.5 Å². The second kappa shape index (κ2) is 2.82. The van der Waals surface area contributed by atoms with Crippen molar-refractivity contribution in [2.75, 3.05) is 0 Å². The van der Waals surface area contributed by atoms with E-state index in [0.717, 1.165) is 12.8 Å². The quantitative estimate of drug-likeness (QED) is 0.381. The predicted octanol–water partition coefficient (Wildman–Crippen LogP) is 1.52. The van der Waals surface area contributed by atoms with Crippen LogP contribution in [0.15, 0.2) is 16.6 Å². The molecule has 0 aromatic carbocycles. The van der Waals surface area contributed by atoms with Crippen molar-refractivity contribution in [1.82, 2.24) is 0 Å². The predicted molar refractivity (Wildman–Crippen MR) is 38.9 cm³/mol. The van der Waals surface area contributed by atoms with E-state index in [1.54, 1.807) is 0 Å². The van der Waals surface area contributed by atoms with Crippen LogP contribution in [0.1, 0.15) is 19.8 Å². The Kier molecular flexibility index (Phi) is 2.03. The Morgan fingerprint density at radius 3 is 2.36 bits per heavy atom. The normalized spacial score (nSPS) is 19.0. The van der Waals surface area contributed by atoms with Crippen LogP contribution in [-0.4, -0.2) is 10.9 Å². The van der Waals surface area contributed by atoms with Crippen LogP contribution in [0.5, 0.6) is 0 Å². The molecule has 11 heavy (non-hydrogen) atoms. The summed E-state index contributed by atoms with van der Waals surface area (Å²) in [6.07, 6.45) is 1.69. The van der Waals surface area contributed by atoms with Gasteiger partial charge in [0.2, 0.25) is 0 Å². The fourth-order valence-electron chi connectivity index (χ4n) is 0.842. The summed E-state index contributed by atoms with van der Waals surface area (Å²) >= 11 is 0. The van der Waals surface area contributed by atoms with Crippen molar-refractivity contribution >= 4 is 5.78 Å². The first-order valence-corrected chi connectivity index (χ1v) is 3.44. The smallest absolute Gasteiger partial charge is 0.188 e. The van der Waals surface area contributed by atoms with E-state index in [9.17, 15) is 14.8 Å². The standard InChI is InChI=1S/C7H9NO3/c1-4(9)6(8-11)7(10)5-2-3-5/h5,10H,2-3H2,1H3/b7-6+. The number of aliphatic hydroxyl groups is 1. The van der Waals surface area contributed by atoms with Crippen LogP contribution >= 0.6 is 0 Å². The first-order valence-electron chi connectivity index (χ1n) is 3.44. The Morgan fingerprint density at radius 2 is 2.09 bits per heavy atom. The number of carbonyl (C=O) groups is 1. The van der Waals surface area contributed by atoms with E-state index in [1.165, 1.54) is 6.92 Å². The minimum Gasteiger partial charge on any atom is -0.509 e. The maximum Gasteiger partial charge on any atom is 0.188 e. The van der Waals surface area contributed by atoms with Crippen molar-refractivity contribution in [2.45, 2.75) is 19.8 Å². The maximum absolute atomic E-state index is 10.6. The molecule has 1 rings (SSSR count). The molecule has 0 atom stereocenters. The summed E-state index contributed by atoms with van der Waals surface area (Å²) in [4.78, 5) is 20.7. The number of ketones is 1. The largest absolute Gasteiger partial charge is 0.509 e. The molecule has 1 fully saturated rings.